The van der Waals surface area contributed by atoms with Crippen LogP contribution in [0.5, 0.6) is 0 Å². The molecule has 1 aromatic heterocycles. The summed E-state index contributed by atoms with van der Waals surface area (Å²) < 4.78 is 26.4. The minimum atomic E-state index is -3.78. The molecule has 1 atom stereocenters. The van der Waals surface area contributed by atoms with Gasteiger partial charge in [-0.05, 0) is 33.2 Å². The molecule has 1 rings (SSSR count). The highest BCUT2D eigenvalue weighted by atomic mass is 32.2. The highest BCUT2D eigenvalue weighted by molar-refractivity contribution is 7.89. The highest BCUT2D eigenvalue weighted by Crippen LogP contribution is 2.15. The minimum Gasteiger partial charge on any atom is -0.387 e. The number of nitrogens with one attached hydrogen (secondary N) is 1. The number of aromatic nitrogens is 1. The molecule has 0 aliphatic rings. The van der Waals surface area contributed by atoms with Gasteiger partial charge in [0.1, 0.15) is 10.7 Å². The van der Waals surface area contributed by atoms with Crippen LogP contribution in [-0.2, 0) is 10.0 Å². The van der Waals surface area contributed by atoms with E-state index in [0.717, 1.165) is 0 Å². The topological polar surface area (TPSA) is 109 Å². The molecule has 0 spiro atoms. The minimum absolute atomic E-state index is 0.0674. The lowest BCUT2D eigenvalue weighted by molar-refractivity contribution is 0.0386. The van der Waals surface area contributed by atoms with E-state index in [1.807, 2.05) is 0 Å². The summed E-state index contributed by atoms with van der Waals surface area (Å²) in [5.74, 6) is -0.0674. The van der Waals surface area contributed by atoms with Crippen LogP contribution in [-0.4, -0.2) is 56.2 Å². The molecule has 0 aromatic carbocycles. The van der Waals surface area contributed by atoms with Crippen molar-refractivity contribution >= 4 is 15.8 Å². The number of likely N-dealkylation sites (N-methyl/N-ethyl adjacent to an activating group) is 1. The van der Waals surface area contributed by atoms with Gasteiger partial charge in [-0.1, -0.05) is 0 Å². The summed E-state index contributed by atoms with van der Waals surface area (Å²) in [5.41, 5.74) is 4.35. The molecule has 1 aromatic rings. The fourth-order valence-corrected chi connectivity index (χ4v) is 2.94. The number of nitrogens with two attached hydrogens (primary N) is 1. The zero-order chi connectivity index (χ0) is 14.7. The lowest BCUT2D eigenvalue weighted by Crippen LogP contribution is -2.47. The van der Waals surface area contributed by atoms with E-state index < -0.39 is 15.6 Å². The van der Waals surface area contributed by atoms with Gasteiger partial charge in [0.15, 0.2) is 0 Å². The Hall–Kier alpha value is -1.22. The quantitative estimate of drug-likeness (QED) is 0.636. The van der Waals surface area contributed by atoms with E-state index in [0.29, 0.717) is 6.54 Å². The molecule has 0 saturated carbocycles. The second-order valence-corrected chi connectivity index (χ2v) is 6.68. The first-order valence-electron chi connectivity index (χ1n) is 5.71. The molecule has 0 fully saturated rings. The fourth-order valence-electron chi connectivity index (χ4n) is 1.70. The maximum atomic E-state index is 12.0. The Labute approximate surface area is 113 Å². The number of hydrogen-bond acceptors (Lipinski definition) is 6. The largest absolute Gasteiger partial charge is 0.387 e. The monoisotopic (exact) mass is 288 g/mol. The molecule has 1 heterocycles. The van der Waals surface area contributed by atoms with Gasteiger partial charge in [-0.15, -0.1) is 0 Å². The van der Waals surface area contributed by atoms with Gasteiger partial charge >= 0.3 is 0 Å². The molecule has 1 unspecified atom stereocenters. The second-order valence-electron chi connectivity index (χ2n) is 4.95. The number of aliphatic hydroxyl groups is 1. The Morgan fingerprint density at radius 2 is 2.16 bits per heavy atom. The number of anilines is 1. The Kier molecular flexibility index (Phi) is 4.86. The van der Waals surface area contributed by atoms with Crippen LogP contribution in [0.3, 0.4) is 0 Å². The van der Waals surface area contributed by atoms with Crippen LogP contribution in [0.1, 0.15) is 6.92 Å². The number of rotatable bonds is 6. The van der Waals surface area contributed by atoms with Gasteiger partial charge in [0, 0.05) is 19.3 Å². The molecule has 0 aliphatic carbocycles. The third kappa shape index (κ3) is 4.75. The Morgan fingerprint density at radius 3 is 2.68 bits per heavy atom. The molecule has 19 heavy (non-hydrogen) atoms. The van der Waals surface area contributed by atoms with E-state index in [4.69, 9.17) is 5.73 Å². The fraction of sp³-hybridized carbons (Fsp3) is 0.545. The van der Waals surface area contributed by atoms with Crippen molar-refractivity contribution in [3.63, 3.8) is 0 Å². The van der Waals surface area contributed by atoms with Crippen molar-refractivity contribution in [2.45, 2.75) is 17.4 Å². The average molecular weight is 288 g/mol. The standard InChI is InChI=1S/C11H20N4O3S/c1-11(16,8-15(2)3)7-14-19(17,18)9-5-4-6-13-10(9)12/h4-6,14,16H,7-8H2,1-3H3,(H2,12,13). The van der Waals surface area contributed by atoms with E-state index in [-0.39, 0.29) is 17.3 Å². The zero-order valence-electron chi connectivity index (χ0n) is 11.3. The van der Waals surface area contributed by atoms with Crippen molar-refractivity contribution in [1.82, 2.24) is 14.6 Å². The average Bonchev–Trinajstić information content (AvgIpc) is 2.25. The number of nitrogens with zero attached hydrogens (tertiary/aromatic N) is 2. The molecule has 0 bridgehead atoms. The molecule has 0 amide bonds. The van der Waals surface area contributed by atoms with E-state index in [1.54, 1.807) is 25.9 Å². The van der Waals surface area contributed by atoms with Gasteiger partial charge < -0.3 is 15.7 Å². The number of hydrogen-bond donors (Lipinski definition) is 3. The SMILES string of the molecule is CN(C)CC(C)(O)CNS(=O)(=O)c1cccnc1N. The highest BCUT2D eigenvalue weighted by Gasteiger charge is 2.26. The Bertz CT molecular complexity index is 528. The van der Waals surface area contributed by atoms with E-state index in [2.05, 4.69) is 9.71 Å². The Morgan fingerprint density at radius 1 is 1.53 bits per heavy atom. The molecular weight excluding hydrogens is 268 g/mol. The third-order valence-corrected chi connectivity index (χ3v) is 3.84. The maximum absolute atomic E-state index is 12.0. The molecule has 8 heteroatoms. The van der Waals surface area contributed by atoms with Gasteiger partial charge in [0.2, 0.25) is 10.0 Å². The molecular formula is C11H20N4O3S. The molecule has 7 nitrogen and oxygen atoms in total. The third-order valence-electron chi connectivity index (χ3n) is 2.39. The lowest BCUT2D eigenvalue weighted by atomic mass is 10.1. The number of nitrogen functional groups attached to an aromatic ring is 1. The summed E-state index contributed by atoms with van der Waals surface area (Å²) in [5, 5.41) is 10.0. The smallest absolute Gasteiger partial charge is 0.244 e. The number of sulfonamides is 1. The van der Waals surface area contributed by atoms with Gasteiger partial charge in [-0.25, -0.2) is 18.1 Å². The molecule has 0 saturated heterocycles. The summed E-state index contributed by atoms with van der Waals surface area (Å²) in [4.78, 5) is 5.41. The summed E-state index contributed by atoms with van der Waals surface area (Å²) in [6.07, 6.45) is 1.41. The van der Waals surface area contributed by atoms with Crippen molar-refractivity contribution in [3.8, 4) is 0 Å². The van der Waals surface area contributed by atoms with Crippen molar-refractivity contribution in [2.75, 3.05) is 32.9 Å². The summed E-state index contributed by atoms with van der Waals surface area (Å²) in [7, 11) is -0.189. The van der Waals surface area contributed by atoms with Crippen LogP contribution >= 0.6 is 0 Å². The van der Waals surface area contributed by atoms with Crippen molar-refractivity contribution in [1.29, 1.82) is 0 Å². The summed E-state index contributed by atoms with van der Waals surface area (Å²) in [6, 6.07) is 2.86. The first kappa shape index (κ1) is 15.8. The molecule has 108 valence electrons. The molecule has 4 N–H and O–H groups in total. The van der Waals surface area contributed by atoms with Gasteiger partial charge in [0.05, 0.1) is 5.60 Å². The van der Waals surface area contributed by atoms with Crippen molar-refractivity contribution in [2.24, 2.45) is 0 Å². The second kappa shape index (κ2) is 5.83. The van der Waals surface area contributed by atoms with Crippen LogP contribution in [0.2, 0.25) is 0 Å². The van der Waals surface area contributed by atoms with Crippen molar-refractivity contribution in [3.05, 3.63) is 18.3 Å². The van der Waals surface area contributed by atoms with Crippen LogP contribution in [0.15, 0.2) is 23.2 Å². The lowest BCUT2D eigenvalue weighted by Gasteiger charge is -2.27. The zero-order valence-corrected chi connectivity index (χ0v) is 12.1. The van der Waals surface area contributed by atoms with Gasteiger partial charge in [-0.3, -0.25) is 0 Å². The van der Waals surface area contributed by atoms with Gasteiger partial charge in [0.25, 0.3) is 0 Å². The van der Waals surface area contributed by atoms with Crippen molar-refractivity contribution < 1.29 is 13.5 Å². The summed E-state index contributed by atoms with van der Waals surface area (Å²) in [6.45, 7) is 1.78. The molecule has 0 aliphatic heterocycles. The predicted molar refractivity (Wildman–Crippen MR) is 73.0 cm³/mol. The van der Waals surface area contributed by atoms with E-state index in [9.17, 15) is 13.5 Å². The maximum Gasteiger partial charge on any atom is 0.244 e. The normalized spacial score (nSPS) is 15.4. The van der Waals surface area contributed by atoms with E-state index in [1.165, 1.54) is 18.3 Å². The summed E-state index contributed by atoms with van der Waals surface area (Å²) >= 11 is 0. The number of pyridine rings is 1. The van der Waals surface area contributed by atoms with Crippen LogP contribution < -0.4 is 10.5 Å². The van der Waals surface area contributed by atoms with Gasteiger partial charge in [-0.2, -0.15) is 0 Å². The van der Waals surface area contributed by atoms with Crippen LogP contribution in [0, 0.1) is 0 Å². The van der Waals surface area contributed by atoms with E-state index >= 15 is 0 Å². The van der Waals surface area contributed by atoms with Crippen LogP contribution in [0.25, 0.3) is 0 Å². The van der Waals surface area contributed by atoms with Crippen LogP contribution in [0.4, 0.5) is 5.82 Å². The first-order chi connectivity index (χ1) is 8.64. The first-order valence-corrected chi connectivity index (χ1v) is 7.20. The molecule has 0 radical (unpaired) electrons. The Balaban J connectivity index is 2.80. The predicted octanol–water partition coefficient (Wildman–Crippen LogP) is -0.745.